The largest absolute Gasteiger partial charge is 0.478 e. The van der Waals surface area contributed by atoms with Crippen LogP contribution in [0.1, 0.15) is 51.3 Å². The van der Waals surface area contributed by atoms with Crippen molar-refractivity contribution in [3.05, 3.63) is 34.9 Å². The molecule has 1 aromatic rings. The zero-order valence-corrected chi connectivity index (χ0v) is 17.9. The van der Waals surface area contributed by atoms with Gasteiger partial charge < -0.3 is 9.47 Å². The van der Waals surface area contributed by atoms with Crippen LogP contribution in [0.3, 0.4) is 0 Å². The number of benzene rings is 1. The van der Waals surface area contributed by atoms with Crippen LogP contribution in [0.25, 0.3) is 0 Å². The van der Waals surface area contributed by atoms with E-state index in [1.165, 1.54) is 16.7 Å². The maximum Gasteiger partial charge on any atom is 0.199 e. The van der Waals surface area contributed by atoms with Gasteiger partial charge in [0.25, 0.3) is 0 Å². The van der Waals surface area contributed by atoms with Gasteiger partial charge in [0.15, 0.2) is 11.8 Å². The summed E-state index contributed by atoms with van der Waals surface area (Å²) < 4.78 is 12.2. The number of aliphatic imine (C=N–C) groups is 2. The third-order valence-electron chi connectivity index (χ3n) is 5.67. The molecule has 27 heavy (non-hydrogen) atoms. The van der Waals surface area contributed by atoms with E-state index in [1.807, 2.05) is 0 Å². The third-order valence-corrected chi connectivity index (χ3v) is 5.67. The molecule has 0 aliphatic carbocycles. The number of rotatable bonds is 6. The Morgan fingerprint density at radius 2 is 1.33 bits per heavy atom. The molecule has 2 atom stereocenters. The van der Waals surface area contributed by atoms with Gasteiger partial charge in [-0.05, 0) is 44.6 Å². The van der Waals surface area contributed by atoms with Gasteiger partial charge in [0.1, 0.15) is 18.6 Å². The van der Waals surface area contributed by atoms with E-state index in [0.29, 0.717) is 25.0 Å². The average molecular weight is 371 g/mol. The zero-order chi connectivity index (χ0) is 19.8. The molecule has 148 valence electrons. The first-order chi connectivity index (χ1) is 12.7. The Balaban J connectivity index is 1.99. The predicted molar refractivity (Wildman–Crippen MR) is 112 cm³/mol. The lowest BCUT2D eigenvalue weighted by molar-refractivity contribution is 0.243. The molecule has 0 radical (unpaired) electrons. The number of nitrogens with zero attached hydrogens (tertiary/aromatic N) is 2. The maximum atomic E-state index is 6.12. The van der Waals surface area contributed by atoms with Crippen LogP contribution in [0.2, 0.25) is 0 Å². The van der Waals surface area contributed by atoms with Crippen LogP contribution >= 0.6 is 0 Å². The molecule has 3 rings (SSSR count). The minimum atomic E-state index is -0.465. The molecule has 0 saturated carbocycles. The van der Waals surface area contributed by atoms with E-state index >= 15 is 0 Å². The average Bonchev–Trinajstić information content (AvgIpc) is 3.24. The summed E-state index contributed by atoms with van der Waals surface area (Å²) in [6, 6.07) is 7.12. The van der Waals surface area contributed by atoms with Crippen molar-refractivity contribution in [2.24, 2.45) is 27.2 Å². The quantitative estimate of drug-likeness (QED) is 0.725. The highest BCUT2D eigenvalue weighted by atomic mass is 16.5. The second-order valence-electron chi connectivity index (χ2n) is 9.12. The first kappa shape index (κ1) is 19.9. The van der Waals surface area contributed by atoms with Crippen LogP contribution < -0.4 is 0 Å². The van der Waals surface area contributed by atoms with E-state index in [9.17, 15) is 0 Å². The fourth-order valence-corrected chi connectivity index (χ4v) is 3.89. The zero-order valence-electron chi connectivity index (χ0n) is 17.9. The van der Waals surface area contributed by atoms with Crippen molar-refractivity contribution in [1.82, 2.24) is 0 Å². The Bertz CT molecular complexity index is 694. The van der Waals surface area contributed by atoms with Gasteiger partial charge in [-0.2, -0.15) is 0 Å². The van der Waals surface area contributed by atoms with Gasteiger partial charge in [0.05, 0.1) is 12.1 Å². The molecule has 2 aliphatic rings. The van der Waals surface area contributed by atoms with Gasteiger partial charge in [-0.15, -0.1) is 0 Å². The van der Waals surface area contributed by atoms with Crippen LogP contribution in [0.5, 0.6) is 0 Å². The van der Waals surface area contributed by atoms with Gasteiger partial charge in [0, 0.05) is 0 Å². The molecule has 0 spiro atoms. The van der Waals surface area contributed by atoms with Crippen LogP contribution in [0, 0.1) is 31.1 Å². The van der Waals surface area contributed by atoms with Crippen molar-refractivity contribution in [1.29, 1.82) is 0 Å². The normalized spacial score (nSPS) is 22.7. The molecule has 1 aromatic carbocycles. The number of hydrogen-bond donors (Lipinski definition) is 0. The van der Waals surface area contributed by atoms with Crippen molar-refractivity contribution < 1.29 is 9.47 Å². The number of aryl methyl sites for hydroxylation is 2. The summed E-state index contributed by atoms with van der Waals surface area (Å²) in [7, 11) is 0. The molecule has 0 aromatic heterocycles. The highest BCUT2D eigenvalue weighted by molar-refractivity contribution is 6.06. The maximum absolute atomic E-state index is 6.12. The van der Waals surface area contributed by atoms with Gasteiger partial charge in [-0.25, -0.2) is 9.98 Å². The Hall–Kier alpha value is -1.84. The van der Waals surface area contributed by atoms with E-state index < -0.39 is 5.41 Å². The SMILES string of the molecule is Cc1cc(C)cc(CC(C)(C2=N[C@@H](C(C)C)CO2)C2=N[C@@H](C(C)C)CO2)c1. The molecule has 0 bridgehead atoms. The van der Waals surface area contributed by atoms with Crippen molar-refractivity contribution >= 4 is 11.8 Å². The van der Waals surface area contributed by atoms with Crippen molar-refractivity contribution in [3.8, 4) is 0 Å². The van der Waals surface area contributed by atoms with Gasteiger partial charge in [0.2, 0.25) is 0 Å². The van der Waals surface area contributed by atoms with Gasteiger partial charge in [-0.1, -0.05) is 57.0 Å². The Labute approximate surface area is 164 Å². The molecule has 4 heteroatoms. The van der Waals surface area contributed by atoms with Crippen LogP contribution in [0.15, 0.2) is 28.2 Å². The molecular weight excluding hydrogens is 336 g/mol. The first-order valence-corrected chi connectivity index (χ1v) is 10.2. The molecule has 0 amide bonds. The van der Waals surface area contributed by atoms with Crippen LogP contribution in [-0.4, -0.2) is 37.1 Å². The molecule has 0 unspecified atom stereocenters. The minimum absolute atomic E-state index is 0.210. The summed E-state index contributed by atoms with van der Waals surface area (Å²) >= 11 is 0. The van der Waals surface area contributed by atoms with Crippen molar-refractivity contribution in [2.75, 3.05) is 13.2 Å². The lowest BCUT2D eigenvalue weighted by Crippen LogP contribution is -2.39. The van der Waals surface area contributed by atoms with E-state index in [1.54, 1.807) is 0 Å². The van der Waals surface area contributed by atoms with E-state index in [2.05, 4.69) is 66.7 Å². The second-order valence-corrected chi connectivity index (χ2v) is 9.12. The number of ether oxygens (including phenoxy) is 2. The Morgan fingerprint density at radius 3 is 1.70 bits per heavy atom. The van der Waals surface area contributed by atoms with Crippen molar-refractivity contribution in [3.63, 3.8) is 0 Å². The van der Waals surface area contributed by atoms with Crippen LogP contribution in [0.4, 0.5) is 0 Å². The van der Waals surface area contributed by atoms with Gasteiger partial charge >= 0.3 is 0 Å². The summed E-state index contributed by atoms with van der Waals surface area (Å²) in [5.74, 6) is 2.48. The number of hydrogen-bond acceptors (Lipinski definition) is 4. The summed E-state index contributed by atoms with van der Waals surface area (Å²) in [6.07, 6.45) is 0.781. The predicted octanol–water partition coefficient (Wildman–Crippen LogP) is 4.76. The molecule has 0 saturated heterocycles. The first-order valence-electron chi connectivity index (χ1n) is 10.2. The van der Waals surface area contributed by atoms with Crippen LogP contribution in [-0.2, 0) is 15.9 Å². The molecular formula is C23H34N2O2. The highest BCUT2D eigenvalue weighted by Crippen LogP contribution is 2.35. The molecule has 2 heterocycles. The van der Waals surface area contributed by atoms with E-state index in [0.717, 1.165) is 18.2 Å². The monoisotopic (exact) mass is 370 g/mol. The Morgan fingerprint density at radius 1 is 0.889 bits per heavy atom. The summed E-state index contributed by atoms with van der Waals surface area (Å²) in [6.45, 7) is 16.5. The smallest absolute Gasteiger partial charge is 0.199 e. The molecule has 4 nitrogen and oxygen atoms in total. The topological polar surface area (TPSA) is 43.2 Å². The van der Waals surface area contributed by atoms with E-state index in [4.69, 9.17) is 19.5 Å². The fourth-order valence-electron chi connectivity index (χ4n) is 3.89. The summed E-state index contributed by atoms with van der Waals surface area (Å²) in [5, 5.41) is 0. The fraction of sp³-hybridized carbons (Fsp3) is 0.652. The molecule has 0 fully saturated rings. The minimum Gasteiger partial charge on any atom is -0.478 e. The molecule has 0 N–H and O–H groups in total. The van der Waals surface area contributed by atoms with Gasteiger partial charge in [-0.3, -0.25) is 0 Å². The summed E-state index contributed by atoms with van der Waals surface area (Å²) in [4.78, 5) is 9.90. The highest BCUT2D eigenvalue weighted by Gasteiger charge is 2.45. The third kappa shape index (κ3) is 4.20. The van der Waals surface area contributed by atoms with Crippen molar-refractivity contribution in [2.45, 2.75) is 67.0 Å². The Kier molecular flexibility index (Phi) is 5.64. The summed E-state index contributed by atoms with van der Waals surface area (Å²) in [5.41, 5.74) is 3.36. The standard InChI is InChI=1S/C23H34N2O2/c1-14(2)19-12-26-21(24-19)23(7,22-25-20(13-27-22)15(3)4)11-18-9-16(5)8-17(6)10-18/h8-10,14-15,19-20H,11-13H2,1-7H3/t19-,20-/m1/s1. The van der Waals surface area contributed by atoms with E-state index in [-0.39, 0.29) is 12.1 Å². The molecule has 2 aliphatic heterocycles. The lowest BCUT2D eigenvalue weighted by atomic mass is 9.82. The second kappa shape index (κ2) is 7.65. The lowest BCUT2D eigenvalue weighted by Gasteiger charge is -2.28.